The minimum Gasteiger partial charge on any atom is -0.394 e. The van der Waals surface area contributed by atoms with Gasteiger partial charge in [0, 0.05) is 19.1 Å². The minimum atomic E-state index is -0.403. The van der Waals surface area contributed by atoms with Crippen LogP contribution in [0.5, 0.6) is 0 Å². The fraction of sp³-hybridized carbons (Fsp3) is 0.632. The molecule has 2 rings (SSSR count). The summed E-state index contributed by atoms with van der Waals surface area (Å²) in [7, 11) is 2.11. The van der Waals surface area contributed by atoms with E-state index in [9.17, 15) is 9.90 Å². The number of rotatable bonds is 8. The molecular weight excluding hydrogens is 302 g/mol. The van der Waals surface area contributed by atoms with E-state index in [1.165, 1.54) is 5.56 Å². The van der Waals surface area contributed by atoms with E-state index in [0.717, 1.165) is 38.6 Å². The molecular formula is C19H31N3O2. The van der Waals surface area contributed by atoms with Gasteiger partial charge >= 0.3 is 6.03 Å². The van der Waals surface area contributed by atoms with Crippen LogP contribution in [0.3, 0.4) is 0 Å². The molecule has 0 aromatic heterocycles. The van der Waals surface area contributed by atoms with Gasteiger partial charge < -0.3 is 15.7 Å². The summed E-state index contributed by atoms with van der Waals surface area (Å²) >= 11 is 0. The highest BCUT2D eigenvalue weighted by Crippen LogP contribution is 2.28. The molecule has 1 fully saturated rings. The Bertz CT molecular complexity index is 501. The second-order valence-corrected chi connectivity index (χ2v) is 7.06. The molecule has 0 spiro atoms. The lowest BCUT2D eigenvalue weighted by molar-refractivity contribution is 0.162. The Morgan fingerprint density at radius 2 is 1.96 bits per heavy atom. The first kappa shape index (κ1) is 18.7. The van der Waals surface area contributed by atoms with Crippen LogP contribution in [0.2, 0.25) is 0 Å². The summed E-state index contributed by atoms with van der Waals surface area (Å²) in [6.45, 7) is 3.74. The number of carbonyl (C=O) groups excluding carboxylic acids is 1. The zero-order valence-corrected chi connectivity index (χ0v) is 14.9. The van der Waals surface area contributed by atoms with Crippen molar-refractivity contribution >= 4 is 6.03 Å². The van der Waals surface area contributed by atoms with Gasteiger partial charge in [-0.1, -0.05) is 43.2 Å². The average Bonchev–Trinajstić information content (AvgIpc) is 3.04. The third-order valence-electron chi connectivity index (χ3n) is 5.12. The van der Waals surface area contributed by atoms with Gasteiger partial charge in [0.2, 0.25) is 0 Å². The number of urea groups is 1. The van der Waals surface area contributed by atoms with Crippen molar-refractivity contribution < 1.29 is 9.90 Å². The lowest BCUT2D eigenvalue weighted by Gasteiger charge is -2.28. The van der Waals surface area contributed by atoms with Gasteiger partial charge in [0.15, 0.2) is 0 Å². The maximum absolute atomic E-state index is 12.1. The summed E-state index contributed by atoms with van der Waals surface area (Å²) in [5.74, 6) is 0. The van der Waals surface area contributed by atoms with Gasteiger partial charge in [0.05, 0.1) is 12.1 Å². The zero-order valence-electron chi connectivity index (χ0n) is 14.9. The lowest BCUT2D eigenvalue weighted by atomic mass is 9.99. The first-order valence-electron chi connectivity index (χ1n) is 8.96. The summed E-state index contributed by atoms with van der Waals surface area (Å²) in [6, 6.07) is 10.6. The smallest absolute Gasteiger partial charge is 0.315 e. The summed E-state index contributed by atoms with van der Waals surface area (Å²) in [5, 5.41) is 15.4. The molecule has 1 aliphatic rings. The number of hydrogen-bond donors (Lipinski definition) is 3. The van der Waals surface area contributed by atoms with Gasteiger partial charge in [-0.05, 0) is 38.8 Å². The molecule has 5 heteroatoms. The fourth-order valence-electron chi connectivity index (χ4n) is 3.30. The van der Waals surface area contributed by atoms with E-state index in [1.807, 2.05) is 6.07 Å². The van der Waals surface area contributed by atoms with Crippen LogP contribution in [0.15, 0.2) is 30.3 Å². The van der Waals surface area contributed by atoms with Crippen molar-refractivity contribution in [3.8, 4) is 0 Å². The number of benzene rings is 1. The molecule has 1 unspecified atom stereocenters. The predicted molar refractivity (Wildman–Crippen MR) is 96.8 cm³/mol. The van der Waals surface area contributed by atoms with Crippen LogP contribution < -0.4 is 10.6 Å². The molecule has 2 amide bonds. The largest absolute Gasteiger partial charge is 0.394 e. The third kappa shape index (κ3) is 5.49. The third-order valence-corrected chi connectivity index (χ3v) is 5.12. The number of aliphatic hydroxyl groups is 1. The normalized spacial score (nSPS) is 17.7. The highest BCUT2D eigenvalue weighted by atomic mass is 16.3. The Labute approximate surface area is 145 Å². The standard InChI is InChI=1S/C19H31N3O2/c1-16(22(2)14-17-8-4-3-5-9-17)10-13-20-18(24)21-19(15-23)11-6-7-12-19/h3-5,8-9,16,23H,6-7,10-15H2,1-2H3,(H2,20,21,24). The summed E-state index contributed by atoms with van der Waals surface area (Å²) < 4.78 is 0. The molecule has 134 valence electrons. The van der Waals surface area contributed by atoms with Crippen LogP contribution in [0.1, 0.15) is 44.6 Å². The molecule has 3 N–H and O–H groups in total. The number of amides is 2. The van der Waals surface area contributed by atoms with E-state index in [2.05, 4.69) is 53.8 Å². The van der Waals surface area contributed by atoms with E-state index in [0.29, 0.717) is 12.6 Å². The van der Waals surface area contributed by atoms with Gasteiger partial charge in [-0.15, -0.1) is 0 Å². The first-order valence-corrected chi connectivity index (χ1v) is 8.96. The number of nitrogens with one attached hydrogen (secondary N) is 2. The Hall–Kier alpha value is -1.59. The Kier molecular flexibility index (Phi) is 7.06. The molecule has 5 nitrogen and oxygen atoms in total. The van der Waals surface area contributed by atoms with Crippen molar-refractivity contribution in [2.45, 2.75) is 57.2 Å². The lowest BCUT2D eigenvalue weighted by Crippen LogP contribution is -2.53. The van der Waals surface area contributed by atoms with Crippen LogP contribution >= 0.6 is 0 Å². The molecule has 1 aliphatic carbocycles. The molecule has 0 saturated heterocycles. The molecule has 0 bridgehead atoms. The van der Waals surface area contributed by atoms with Crippen molar-refractivity contribution in [1.29, 1.82) is 0 Å². The van der Waals surface area contributed by atoms with Crippen LogP contribution in [0.4, 0.5) is 4.79 Å². The van der Waals surface area contributed by atoms with Crippen molar-refractivity contribution in [3.05, 3.63) is 35.9 Å². The van der Waals surface area contributed by atoms with E-state index in [4.69, 9.17) is 0 Å². The van der Waals surface area contributed by atoms with Crippen LogP contribution in [0, 0.1) is 0 Å². The van der Waals surface area contributed by atoms with Gasteiger partial charge in [-0.2, -0.15) is 0 Å². The van der Waals surface area contributed by atoms with Crippen LogP contribution in [-0.4, -0.2) is 47.8 Å². The van der Waals surface area contributed by atoms with Gasteiger partial charge in [0.25, 0.3) is 0 Å². The van der Waals surface area contributed by atoms with Crippen molar-refractivity contribution in [1.82, 2.24) is 15.5 Å². The quantitative estimate of drug-likeness (QED) is 0.685. The molecule has 24 heavy (non-hydrogen) atoms. The Morgan fingerprint density at radius 1 is 1.29 bits per heavy atom. The van der Waals surface area contributed by atoms with Crippen molar-refractivity contribution in [2.75, 3.05) is 20.2 Å². The monoisotopic (exact) mass is 333 g/mol. The molecule has 1 atom stereocenters. The molecule has 0 aliphatic heterocycles. The topological polar surface area (TPSA) is 64.6 Å². The van der Waals surface area contributed by atoms with Crippen LogP contribution in [0.25, 0.3) is 0 Å². The first-order chi connectivity index (χ1) is 11.5. The molecule has 0 heterocycles. The second kappa shape index (κ2) is 9.04. The van der Waals surface area contributed by atoms with Crippen molar-refractivity contribution in [3.63, 3.8) is 0 Å². The zero-order chi connectivity index (χ0) is 17.4. The van der Waals surface area contributed by atoms with E-state index < -0.39 is 5.54 Å². The summed E-state index contributed by atoms with van der Waals surface area (Å²) in [6.07, 6.45) is 4.77. The van der Waals surface area contributed by atoms with Gasteiger partial charge in [-0.3, -0.25) is 4.90 Å². The Morgan fingerprint density at radius 3 is 2.58 bits per heavy atom. The molecule has 1 aromatic rings. The molecule has 1 aromatic carbocycles. The van der Waals surface area contributed by atoms with E-state index in [-0.39, 0.29) is 12.6 Å². The maximum atomic E-state index is 12.1. The number of aliphatic hydroxyl groups excluding tert-OH is 1. The summed E-state index contributed by atoms with van der Waals surface area (Å²) in [5.41, 5.74) is 0.892. The number of carbonyl (C=O) groups is 1. The van der Waals surface area contributed by atoms with Gasteiger partial charge in [0.1, 0.15) is 0 Å². The average molecular weight is 333 g/mol. The predicted octanol–water partition coefficient (Wildman–Crippen LogP) is 2.50. The fourth-order valence-corrected chi connectivity index (χ4v) is 3.30. The van der Waals surface area contributed by atoms with E-state index in [1.54, 1.807) is 0 Å². The molecule has 1 saturated carbocycles. The van der Waals surface area contributed by atoms with Gasteiger partial charge in [-0.25, -0.2) is 4.79 Å². The number of nitrogens with zero attached hydrogens (tertiary/aromatic N) is 1. The maximum Gasteiger partial charge on any atom is 0.315 e. The van der Waals surface area contributed by atoms with E-state index >= 15 is 0 Å². The Balaban J connectivity index is 1.68. The molecule has 0 radical (unpaired) electrons. The number of hydrogen-bond acceptors (Lipinski definition) is 3. The van der Waals surface area contributed by atoms with Crippen molar-refractivity contribution in [2.24, 2.45) is 0 Å². The minimum absolute atomic E-state index is 0.0244. The van der Waals surface area contributed by atoms with Crippen LogP contribution in [-0.2, 0) is 6.54 Å². The highest BCUT2D eigenvalue weighted by Gasteiger charge is 2.34. The summed E-state index contributed by atoms with van der Waals surface area (Å²) in [4.78, 5) is 14.4. The highest BCUT2D eigenvalue weighted by molar-refractivity contribution is 5.74. The second-order valence-electron chi connectivity index (χ2n) is 7.06. The SMILES string of the molecule is CC(CCNC(=O)NC1(CO)CCCC1)N(C)Cc1ccccc1.